The first-order valence-corrected chi connectivity index (χ1v) is 6.13. The molecule has 0 bridgehead atoms. The largest absolute Gasteiger partial charge is 0.478 e. The molecule has 0 heterocycles. The monoisotopic (exact) mass is 434 g/mol. The quantitative estimate of drug-likeness (QED) is 0.492. The Morgan fingerprint density at radius 2 is 0.520 bits per heavy atom. The molecule has 0 saturated heterocycles. The van der Waals surface area contributed by atoms with E-state index in [2.05, 4.69) is 26.3 Å². The van der Waals surface area contributed by atoms with Gasteiger partial charge < -0.3 is 20.4 Å². The number of aliphatic carboxylic acids is 4. The molecule has 140 valence electrons. The fourth-order valence-corrected chi connectivity index (χ4v) is 0. The number of rotatable bonds is 4. The van der Waals surface area contributed by atoms with Crippen molar-refractivity contribution >= 4 is 23.9 Å². The summed E-state index contributed by atoms with van der Waals surface area (Å²) in [6.45, 7) is 18.4. The van der Waals surface area contributed by atoms with Gasteiger partial charge in [-0.1, -0.05) is 26.3 Å². The smallest absolute Gasteiger partial charge is 0.330 e. The molecule has 4 N–H and O–H groups in total. The summed E-state index contributed by atoms with van der Waals surface area (Å²) in [7, 11) is 0. The Labute approximate surface area is 166 Å². The van der Waals surface area contributed by atoms with Gasteiger partial charge in [0.1, 0.15) is 0 Å². The van der Waals surface area contributed by atoms with E-state index in [1.807, 2.05) is 0 Å². The van der Waals surface area contributed by atoms with Crippen molar-refractivity contribution in [3.05, 3.63) is 48.6 Å². The van der Waals surface area contributed by atoms with Crippen LogP contribution in [0, 0.1) is 0 Å². The number of carboxylic acid groups (broad SMARTS) is 4. The Bertz CT molecular complexity index is 388. The van der Waals surface area contributed by atoms with E-state index in [4.69, 9.17) is 20.4 Å². The number of hydrogen-bond donors (Lipinski definition) is 4. The molecule has 0 radical (unpaired) electrons. The predicted octanol–water partition coefficient (Wildman–Crippen LogP) is 2.59. The Morgan fingerprint density at radius 3 is 0.520 bits per heavy atom. The van der Waals surface area contributed by atoms with Crippen LogP contribution in [0.5, 0.6) is 0 Å². The fourth-order valence-electron chi connectivity index (χ4n) is 0. The summed E-state index contributed by atoms with van der Waals surface area (Å²) in [5, 5.41) is 31.6. The average Bonchev–Trinajstić information content (AvgIpc) is 2.40. The minimum absolute atomic E-state index is 0. The standard InChI is InChI=1S/4C4H6O2.Zr/c4*1-3(2)4(5)6;/h4*1H2,2H3,(H,5,6);. The van der Waals surface area contributed by atoms with Crippen LogP contribution in [0.4, 0.5) is 0 Å². The van der Waals surface area contributed by atoms with Crippen molar-refractivity contribution in [2.24, 2.45) is 0 Å². The molecule has 9 heteroatoms. The van der Waals surface area contributed by atoms with Gasteiger partial charge >= 0.3 is 23.9 Å². The molecule has 0 atom stereocenters. The molecule has 0 aromatic carbocycles. The van der Waals surface area contributed by atoms with E-state index in [1.54, 1.807) is 0 Å². The van der Waals surface area contributed by atoms with Gasteiger partial charge in [0.25, 0.3) is 0 Å². The molecule has 0 aliphatic carbocycles. The molecule has 0 unspecified atom stereocenters. The maximum atomic E-state index is 9.60. The first-order valence-electron chi connectivity index (χ1n) is 6.13. The molecular weight excluding hydrogens is 411 g/mol. The number of carbonyl (C=O) groups is 4. The molecule has 0 aromatic heterocycles. The molecule has 0 aromatic rings. The Morgan fingerprint density at radius 1 is 0.480 bits per heavy atom. The summed E-state index contributed by atoms with van der Waals surface area (Å²) >= 11 is 0. The molecule has 0 rings (SSSR count). The zero-order valence-electron chi connectivity index (χ0n) is 14.8. The Hall–Kier alpha value is -2.28. The van der Waals surface area contributed by atoms with Crippen molar-refractivity contribution in [3.63, 3.8) is 0 Å². The molecular formula is C16H24O8Zr. The van der Waals surface area contributed by atoms with Crippen molar-refractivity contribution in [1.82, 2.24) is 0 Å². The van der Waals surface area contributed by atoms with Crippen LogP contribution >= 0.6 is 0 Å². The van der Waals surface area contributed by atoms with Crippen LogP contribution in [0.3, 0.4) is 0 Å². The third-order valence-electron chi connectivity index (χ3n) is 1.46. The second kappa shape index (κ2) is 19.8. The van der Waals surface area contributed by atoms with E-state index in [0.29, 0.717) is 0 Å². The zero-order chi connectivity index (χ0) is 20.6. The normalized spacial score (nSPS) is 7.20. The summed E-state index contributed by atoms with van der Waals surface area (Å²) in [4.78, 5) is 38.4. The van der Waals surface area contributed by atoms with Gasteiger partial charge in [-0.05, 0) is 27.7 Å². The van der Waals surface area contributed by atoms with E-state index in [1.165, 1.54) is 27.7 Å². The second-order valence-electron chi connectivity index (χ2n) is 4.34. The minimum atomic E-state index is -0.935. The first kappa shape index (κ1) is 34.1. The topological polar surface area (TPSA) is 149 Å². The van der Waals surface area contributed by atoms with Crippen LogP contribution in [0.25, 0.3) is 0 Å². The minimum Gasteiger partial charge on any atom is -0.478 e. The number of carboxylic acids is 4. The van der Waals surface area contributed by atoms with E-state index in [9.17, 15) is 19.2 Å². The summed E-state index contributed by atoms with van der Waals surface area (Å²) in [5.41, 5.74) is 0.704. The van der Waals surface area contributed by atoms with Crippen LogP contribution in [0.15, 0.2) is 48.6 Å². The van der Waals surface area contributed by atoms with Gasteiger partial charge in [0.05, 0.1) is 0 Å². The van der Waals surface area contributed by atoms with Gasteiger partial charge in [0, 0.05) is 48.5 Å². The van der Waals surface area contributed by atoms with E-state index in [-0.39, 0.29) is 48.5 Å². The molecule has 0 aliphatic heterocycles. The molecule has 0 spiro atoms. The number of hydrogen-bond acceptors (Lipinski definition) is 4. The van der Waals surface area contributed by atoms with Crippen LogP contribution in [-0.2, 0) is 45.4 Å². The fraction of sp³-hybridized carbons (Fsp3) is 0.250. The van der Waals surface area contributed by atoms with Gasteiger partial charge in [0.2, 0.25) is 0 Å². The van der Waals surface area contributed by atoms with Crippen molar-refractivity contribution in [3.8, 4) is 0 Å². The average molecular weight is 436 g/mol. The van der Waals surface area contributed by atoms with Gasteiger partial charge in [0.15, 0.2) is 0 Å². The van der Waals surface area contributed by atoms with Gasteiger partial charge in [-0.25, -0.2) is 19.2 Å². The van der Waals surface area contributed by atoms with E-state index in [0.717, 1.165) is 0 Å². The van der Waals surface area contributed by atoms with Crippen LogP contribution < -0.4 is 0 Å². The SMILES string of the molecule is C=C(C)C(=O)O.C=C(C)C(=O)O.C=C(C)C(=O)O.C=C(C)C(=O)O.[Zr]. The second-order valence-corrected chi connectivity index (χ2v) is 4.34. The van der Waals surface area contributed by atoms with Crippen molar-refractivity contribution in [2.45, 2.75) is 27.7 Å². The summed E-state index contributed by atoms with van der Waals surface area (Å²) in [5.74, 6) is -3.74. The molecule has 0 saturated carbocycles. The van der Waals surface area contributed by atoms with E-state index < -0.39 is 23.9 Å². The summed E-state index contributed by atoms with van der Waals surface area (Å²) in [6.07, 6.45) is 0. The maximum Gasteiger partial charge on any atom is 0.330 e. The zero-order valence-corrected chi connectivity index (χ0v) is 17.2. The Balaban J connectivity index is -0.0000000702. The molecule has 8 nitrogen and oxygen atoms in total. The first-order chi connectivity index (χ1) is 10.6. The van der Waals surface area contributed by atoms with Crippen LogP contribution in [0.2, 0.25) is 0 Å². The molecule has 0 fully saturated rings. The van der Waals surface area contributed by atoms with E-state index >= 15 is 0 Å². The summed E-state index contributed by atoms with van der Waals surface area (Å²) < 4.78 is 0. The third kappa shape index (κ3) is 44.9. The van der Waals surface area contributed by atoms with Crippen molar-refractivity contribution in [1.29, 1.82) is 0 Å². The maximum absolute atomic E-state index is 9.60. The predicted molar refractivity (Wildman–Crippen MR) is 89.8 cm³/mol. The molecule has 25 heavy (non-hydrogen) atoms. The Kier molecular flexibility index (Phi) is 27.0. The van der Waals surface area contributed by atoms with Gasteiger partial charge in [-0.3, -0.25) is 0 Å². The van der Waals surface area contributed by atoms with Crippen LogP contribution in [-0.4, -0.2) is 44.3 Å². The molecule has 0 amide bonds. The van der Waals surface area contributed by atoms with Crippen molar-refractivity contribution < 1.29 is 65.8 Å². The summed E-state index contributed by atoms with van der Waals surface area (Å²) in [6, 6.07) is 0. The van der Waals surface area contributed by atoms with Crippen molar-refractivity contribution in [2.75, 3.05) is 0 Å². The molecule has 0 aliphatic rings. The third-order valence-corrected chi connectivity index (χ3v) is 1.46. The van der Waals surface area contributed by atoms with Gasteiger partial charge in [-0.15, -0.1) is 0 Å². The van der Waals surface area contributed by atoms with Crippen LogP contribution in [0.1, 0.15) is 27.7 Å². The van der Waals surface area contributed by atoms with Gasteiger partial charge in [-0.2, -0.15) is 0 Å².